The summed E-state index contributed by atoms with van der Waals surface area (Å²) in [5.74, 6) is -1.66. The zero-order valence-electron chi connectivity index (χ0n) is 10.1. The quantitative estimate of drug-likeness (QED) is 0.807. The number of carboxylic acid groups (broad SMARTS) is 1. The number of carbonyl (C=O) groups excluding carboxylic acids is 1. The predicted molar refractivity (Wildman–Crippen MR) is 69.7 cm³/mol. The van der Waals surface area contributed by atoms with Crippen LogP contribution in [0.5, 0.6) is 0 Å². The molecular weight excluding hydrogens is 295 g/mol. The lowest BCUT2D eigenvalue weighted by Gasteiger charge is -2.20. The van der Waals surface area contributed by atoms with E-state index in [4.69, 9.17) is 33.0 Å². The number of methoxy groups -OCH3 is 1. The van der Waals surface area contributed by atoms with Crippen LogP contribution in [0.1, 0.15) is 10.4 Å². The molecule has 19 heavy (non-hydrogen) atoms. The number of hydrogen-bond donors (Lipinski definition) is 1. The molecule has 0 aliphatic carbocycles. The molecule has 1 N–H and O–H groups in total. The highest BCUT2D eigenvalue weighted by atomic mass is 35.5. The zero-order valence-corrected chi connectivity index (χ0v) is 11.6. The van der Waals surface area contributed by atoms with Crippen LogP contribution in [0.4, 0.5) is 0 Å². The number of aromatic nitrogens is 1. The average molecular weight is 307 g/mol. The van der Waals surface area contributed by atoms with Gasteiger partial charge in [-0.05, 0) is 12.1 Å². The van der Waals surface area contributed by atoms with Gasteiger partial charge in [-0.15, -0.1) is 0 Å². The number of pyridine rings is 1. The summed E-state index contributed by atoms with van der Waals surface area (Å²) in [5, 5.41) is 8.88. The van der Waals surface area contributed by atoms with Crippen molar-refractivity contribution in [3.63, 3.8) is 0 Å². The highest BCUT2D eigenvalue weighted by Crippen LogP contribution is 2.18. The van der Waals surface area contributed by atoms with Gasteiger partial charge in [0.1, 0.15) is 16.9 Å². The molecule has 1 aromatic rings. The van der Waals surface area contributed by atoms with Crippen molar-refractivity contribution < 1.29 is 19.4 Å². The Morgan fingerprint density at radius 1 is 1.42 bits per heavy atom. The summed E-state index contributed by atoms with van der Waals surface area (Å²) in [6, 6.07) is 2.82. The van der Waals surface area contributed by atoms with Gasteiger partial charge in [0.05, 0.1) is 12.2 Å². The van der Waals surface area contributed by atoms with Crippen LogP contribution in [0.2, 0.25) is 10.3 Å². The SMILES string of the molecule is COCCN(CC(=O)O)C(=O)c1ccc(Cl)nc1Cl. The lowest BCUT2D eigenvalue weighted by Crippen LogP contribution is -2.38. The Morgan fingerprint density at radius 2 is 2.11 bits per heavy atom. The second-order valence-corrected chi connectivity index (χ2v) is 4.33. The molecule has 104 valence electrons. The van der Waals surface area contributed by atoms with Gasteiger partial charge in [-0.25, -0.2) is 4.98 Å². The van der Waals surface area contributed by atoms with E-state index >= 15 is 0 Å². The maximum Gasteiger partial charge on any atom is 0.323 e. The molecule has 0 atom stereocenters. The maximum absolute atomic E-state index is 12.2. The Labute approximate surface area is 119 Å². The van der Waals surface area contributed by atoms with E-state index < -0.39 is 18.4 Å². The van der Waals surface area contributed by atoms with Crippen molar-refractivity contribution in [1.82, 2.24) is 9.88 Å². The van der Waals surface area contributed by atoms with E-state index in [0.717, 1.165) is 4.90 Å². The van der Waals surface area contributed by atoms with E-state index in [-0.39, 0.29) is 29.0 Å². The summed E-state index contributed by atoms with van der Waals surface area (Å²) in [5.41, 5.74) is 0.100. The largest absolute Gasteiger partial charge is 0.480 e. The first kappa shape index (κ1) is 15.7. The molecule has 0 spiro atoms. The number of halogens is 2. The summed E-state index contributed by atoms with van der Waals surface area (Å²) in [7, 11) is 1.46. The molecule has 0 unspecified atom stereocenters. The summed E-state index contributed by atoms with van der Waals surface area (Å²) >= 11 is 11.5. The second kappa shape index (κ2) is 7.28. The number of rotatable bonds is 6. The van der Waals surface area contributed by atoms with Crippen molar-refractivity contribution in [2.75, 3.05) is 26.8 Å². The zero-order chi connectivity index (χ0) is 14.4. The van der Waals surface area contributed by atoms with E-state index in [2.05, 4.69) is 4.98 Å². The van der Waals surface area contributed by atoms with Crippen LogP contribution < -0.4 is 0 Å². The molecule has 6 nitrogen and oxygen atoms in total. The van der Waals surface area contributed by atoms with E-state index in [1.54, 1.807) is 0 Å². The summed E-state index contributed by atoms with van der Waals surface area (Å²) in [4.78, 5) is 27.8. The van der Waals surface area contributed by atoms with Crippen LogP contribution in [0, 0.1) is 0 Å². The molecule has 0 saturated carbocycles. The first-order valence-corrected chi connectivity index (χ1v) is 6.03. The fourth-order valence-electron chi connectivity index (χ4n) is 1.36. The molecule has 0 aliphatic rings. The van der Waals surface area contributed by atoms with Crippen LogP contribution in [-0.4, -0.2) is 53.7 Å². The van der Waals surface area contributed by atoms with Gasteiger partial charge >= 0.3 is 5.97 Å². The highest BCUT2D eigenvalue weighted by molar-refractivity contribution is 6.34. The molecule has 0 aromatic carbocycles. The number of ether oxygens (including phenoxy) is 1. The maximum atomic E-state index is 12.2. The number of nitrogens with zero attached hydrogens (tertiary/aromatic N) is 2. The van der Waals surface area contributed by atoms with Gasteiger partial charge in [-0.2, -0.15) is 0 Å². The third-order valence-corrected chi connectivity index (χ3v) is 2.72. The van der Waals surface area contributed by atoms with Crippen LogP contribution >= 0.6 is 23.2 Å². The highest BCUT2D eigenvalue weighted by Gasteiger charge is 2.21. The predicted octanol–water partition coefficient (Wildman–Crippen LogP) is 1.56. The smallest absolute Gasteiger partial charge is 0.323 e. The van der Waals surface area contributed by atoms with E-state index in [9.17, 15) is 9.59 Å². The minimum Gasteiger partial charge on any atom is -0.480 e. The van der Waals surface area contributed by atoms with Gasteiger partial charge in [0.15, 0.2) is 0 Å². The number of carbonyl (C=O) groups is 2. The number of carboxylic acids is 1. The number of amides is 1. The van der Waals surface area contributed by atoms with Crippen molar-refractivity contribution in [2.24, 2.45) is 0 Å². The Balaban J connectivity index is 2.93. The number of aliphatic carboxylic acids is 1. The lowest BCUT2D eigenvalue weighted by molar-refractivity contribution is -0.137. The fourth-order valence-corrected chi connectivity index (χ4v) is 1.78. The van der Waals surface area contributed by atoms with Gasteiger partial charge in [0.25, 0.3) is 5.91 Å². The van der Waals surface area contributed by atoms with Gasteiger partial charge < -0.3 is 14.7 Å². The van der Waals surface area contributed by atoms with Crippen molar-refractivity contribution in [1.29, 1.82) is 0 Å². The standard InChI is InChI=1S/C11H12Cl2N2O4/c1-19-5-4-15(6-9(16)17)11(18)7-2-3-8(12)14-10(7)13/h2-3H,4-6H2,1H3,(H,16,17). The van der Waals surface area contributed by atoms with E-state index in [1.807, 2.05) is 0 Å². The minimum absolute atomic E-state index is 0.0645. The van der Waals surface area contributed by atoms with Crippen molar-refractivity contribution in [2.45, 2.75) is 0 Å². The van der Waals surface area contributed by atoms with Gasteiger partial charge in [0.2, 0.25) is 0 Å². The molecule has 1 aromatic heterocycles. The van der Waals surface area contributed by atoms with Crippen LogP contribution in [0.15, 0.2) is 12.1 Å². The summed E-state index contributed by atoms with van der Waals surface area (Å²) in [6.45, 7) is -0.0839. The second-order valence-electron chi connectivity index (χ2n) is 3.59. The fraction of sp³-hybridized carbons (Fsp3) is 0.364. The monoisotopic (exact) mass is 306 g/mol. The van der Waals surface area contributed by atoms with Crippen LogP contribution in [0.3, 0.4) is 0 Å². The van der Waals surface area contributed by atoms with Gasteiger partial charge in [-0.3, -0.25) is 9.59 Å². The first-order valence-electron chi connectivity index (χ1n) is 5.27. The normalized spacial score (nSPS) is 10.3. The molecule has 0 bridgehead atoms. The first-order chi connectivity index (χ1) is 8.95. The molecule has 0 aliphatic heterocycles. The minimum atomic E-state index is -1.12. The molecule has 0 fully saturated rings. The molecule has 0 saturated heterocycles. The summed E-state index contributed by atoms with van der Waals surface area (Å²) < 4.78 is 4.83. The molecule has 1 rings (SSSR count). The Bertz CT molecular complexity index is 482. The third-order valence-electron chi connectivity index (χ3n) is 2.22. The lowest BCUT2D eigenvalue weighted by atomic mass is 10.2. The average Bonchev–Trinajstić information content (AvgIpc) is 2.33. The third kappa shape index (κ3) is 4.66. The van der Waals surface area contributed by atoms with Crippen LogP contribution in [-0.2, 0) is 9.53 Å². The molecule has 8 heteroatoms. The van der Waals surface area contributed by atoms with Gasteiger partial charge in [-0.1, -0.05) is 23.2 Å². The molecule has 1 amide bonds. The van der Waals surface area contributed by atoms with Crippen molar-refractivity contribution in [3.8, 4) is 0 Å². The topological polar surface area (TPSA) is 79.7 Å². The van der Waals surface area contributed by atoms with Crippen molar-refractivity contribution >= 4 is 35.1 Å². The van der Waals surface area contributed by atoms with Crippen LogP contribution in [0.25, 0.3) is 0 Å². The van der Waals surface area contributed by atoms with E-state index in [0.29, 0.717) is 0 Å². The Morgan fingerprint density at radius 3 is 2.63 bits per heavy atom. The Kier molecular flexibility index (Phi) is 6.01. The number of hydrogen-bond acceptors (Lipinski definition) is 4. The summed E-state index contributed by atoms with van der Waals surface area (Å²) in [6.07, 6.45) is 0. The molecular formula is C11H12Cl2N2O4. The van der Waals surface area contributed by atoms with E-state index in [1.165, 1.54) is 19.2 Å². The molecule has 1 heterocycles. The molecule has 0 radical (unpaired) electrons. The Hall–Kier alpha value is -1.37. The van der Waals surface area contributed by atoms with Gasteiger partial charge in [0, 0.05) is 13.7 Å². The van der Waals surface area contributed by atoms with Crippen molar-refractivity contribution in [3.05, 3.63) is 28.0 Å².